The van der Waals surface area contributed by atoms with E-state index in [1.165, 1.54) is 7.11 Å². The number of furan rings is 1. The van der Waals surface area contributed by atoms with Crippen LogP contribution in [0.3, 0.4) is 0 Å². The van der Waals surface area contributed by atoms with Gasteiger partial charge in [-0.15, -0.1) is 0 Å². The van der Waals surface area contributed by atoms with Crippen LogP contribution in [0, 0.1) is 0 Å². The number of methoxy groups -OCH3 is 1. The Morgan fingerprint density at radius 1 is 1.60 bits per heavy atom. The standard InChI is InChI=1S/C11H17NO3/c1-3-5-12(8-11(13)14-2)7-10-4-6-15-9-10/h4,6,9H,3,5,7-8H2,1-2H3. The molecule has 0 saturated heterocycles. The lowest BCUT2D eigenvalue weighted by Gasteiger charge is -2.19. The van der Waals surface area contributed by atoms with Gasteiger partial charge in [0.15, 0.2) is 0 Å². The Morgan fingerprint density at radius 2 is 2.40 bits per heavy atom. The number of hydrogen-bond acceptors (Lipinski definition) is 4. The van der Waals surface area contributed by atoms with Crippen LogP contribution in [-0.4, -0.2) is 31.1 Å². The van der Waals surface area contributed by atoms with Crippen LogP contribution >= 0.6 is 0 Å². The first kappa shape index (κ1) is 11.8. The minimum atomic E-state index is -0.202. The summed E-state index contributed by atoms with van der Waals surface area (Å²) < 4.78 is 9.62. The zero-order valence-electron chi connectivity index (χ0n) is 9.23. The van der Waals surface area contributed by atoms with Crippen molar-refractivity contribution in [2.24, 2.45) is 0 Å². The summed E-state index contributed by atoms with van der Waals surface area (Å²) in [7, 11) is 1.41. The highest BCUT2D eigenvalue weighted by atomic mass is 16.5. The Balaban J connectivity index is 2.46. The van der Waals surface area contributed by atoms with Crippen molar-refractivity contribution in [3.05, 3.63) is 24.2 Å². The molecular formula is C11H17NO3. The van der Waals surface area contributed by atoms with Gasteiger partial charge in [0, 0.05) is 12.1 Å². The van der Waals surface area contributed by atoms with Crippen LogP contribution in [0.15, 0.2) is 23.0 Å². The fourth-order valence-electron chi connectivity index (χ4n) is 1.42. The van der Waals surface area contributed by atoms with Crippen molar-refractivity contribution in [1.82, 2.24) is 4.90 Å². The van der Waals surface area contributed by atoms with Gasteiger partial charge < -0.3 is 9.15 Å². The van der Waals surface area contributed by atoms with Crippen molar-refractivity contribution in [1.29, 1.82) is 0 Å². The van der Waals surface area contributed by atoms with Gasteiger partial charge >= 0.3 is 5.97 Å². The van der Waals surface area contributed by atoms with E-state index in [9.17, 15) is 4.79 Å². The van der Waals surface area contributed by atoms with E-state index in [0.29, 0.717) is 6.54 Å². The fraction of sp³-hybridized carbons (Fsp3) is 0.545. The van der Waals surface area contributed by atoms with Gasteiger partial charge in [-0.25, -0.2) is 0 Å². The summed E-state index contributed by atoms with van der Waals surface area (Å²) in [6, 6.07) is 1.90. The molecule has 15 heavy (non-hydrogen) atoms. The fourth-order valence-corrected chi connectivity index (χ4v) is 1.42. The molecule has 0 aliphatic rings. The molecule has 0 bridgehead atoms. The summed E-state index contributed by atoms with van der Waals surface area (Å²) >= 11 is 0. The molecule has 0 saturated carbocycles. The first-order valence-corrected chi connectivity index (χ1v) is 5.06. The van der Waals surface area contributed by atoms with Crippen LogP contribution in [0.25, 0.3) is 0 Å². The second kappa shape index (κ2) is 6.24. The van der Waals surface area contributed by atoms with Crippen molar-refractivity contribution >= 4 is 5.97 Å². The van der Waals surface area contributed by atoms with Crippen LogP contribution in [0.1, 0.15) is 18.9 Å². The highest BCUT2D eigenvalue weighted by Crippen LogP contribution is 2.05. The maximum atomic E-state index is 11.1. The van der Waals surface area contributed by atoms with Crippen LogP contribution < -0.4 is 0 Å². The molecule has 0 fully saturated rings. The third kappa shape index (κ3) is 4.16. The lowest BCUT2D eigenvalue weighted by atomic mass is 10.3. The van der Waals surface area contributed by atoms with Gasteiger partial charge in [-0.1, -0.05) is 6.92 Å². The lowest BCUT2D eigenvalue weighted by Crippen LogP contribution is -2.30. The highest BCUT2D eigenvalue weighted by Gasteiger charge is 2.10. The first-order chi connectivity index (χ1) is 7.26. The van der Waals surface area contributed by atoms with E-state index in [-0.39, 0.29) is 5.97 Å². The summed E-state index contributed by atoms with van der Waals surface area (Å²) in [5.41, 5.74) is 1.08. The van der Waals surface area contributed by atoms with Gasteiger partial charge in [0.1, 0.15) is 0 Å². The molecule has 1 heterocycles. The predicted octanol–water partition coefficient (Wildman–Crippen LogP) is 1.66. The zero-order valence-corrected chi connectivity index (χ0v) is 9.23. The van der Waals surface area contributed by atoms with E-state index in [2.05, 4.69) is 11.7 Å². The molecule has 4 nitrogen and oxygen atoms in total. The Hall–Kier alpha value is -1.29. The molecule has 0 N–H and O–H groups in total. The minimum Gasteiger partial charge on any atom is -0.472 e. The van der Waals surface area contributed by atoms with Gasteiger partial charge in [0.25, 0.3) is 0 Å². The largest absolute Gasteiger partial charge is 0.472 e. The van der Waals surface area contributed by atoms with Gasteiger partial charge in [0.05, 0.1) is 26.2 Å². The van der Waals surface area contributed by atoms with Crippen molar-refractivity contribution in [2.45, 2.75) is 19.9 Å². The summed E-state index contributed by atoms with van der Waals surface area (Å²) in [6.07, 6.45) is 4.34. The number of esters is 1. The molecular weight excluding hydrogens is 194 g/mol. The maximum absolute atomic E-state index is 11.1. The van der Waals surface area contributed by atoms with Crippen LogP contribution in [0.4, 0.5) is 0 Å². The average molecular weight is 211 g/mol. The zero-order chi connectivity index (χ0) is 11.1. The van der Waals surface area contributed by atoms with Gasteiger partial charge in [0.2, 0.25) is 0 Å². The number of ether oxygens (including phenoxy) is 1. The minimum absolute atomic E-state index is 0.202. The Kier molecular flexibility index (Phi) is 4.90. The van der Waals surface area contributed by atoms with Crippen LogP contribution in [0.5, 0.6) is 0 Å². The van der Waals surface area contributed by atoms with Gasteiger partial charge in [-0.2, -0.15) is 0 Å². The van der Waals surface area contributed by atoms with E-state index >= 15 is 0 Å². The molecule has 0 unspecified atom stereocenters. The van der Waals surface area contributed by atoms with Crippen molar-refractivity contribution < 1.29 is 13.9 Å². The van der Waals surface area contributed by atoms with Gasteiger partial charge in [-0.3, -0.25) is 9.69 Å². The van der Waals surface area contributed by atoms with Crippen LogP contribution in [-0.2, 0) is 16.1 Å². The molecule has 0 aliphatic carbocycles. The molecule has 0 atom stereocenters. The number of nitrogens with zero attached hydrogens (tertiary/aromatic N) is 1. The molecule has 1 rings (SSSR count). The second-order valence-corrected chi connectivity index (χ2v) is 3.42. The normalized spacial score (nSPS) is 10.6. The lowest BCUT2D eigenvalue weighted by molar-refractivity contribution is -0.142. The smallest absolute Gasteiger partial charge is 0.319 e. The van der Waals surface area contributed by atoms with E-state index in [4.69, 9.17) is 4.42 Å². The monoisotopic (exact) mass is 211 g/mol. The maximum Gasteiger partial charge on any atom is 0.319 e. The Labute approximate surface area is 89.8 Å². The van der Waals surface area contributed by atoms with Crippen molar-refractivity contribution in [3.8, 4) is 0 Å². The first-order valence-electron chi connectivity index (χ1n) is 5.06. The quantitative estimate of drug-likeness (QED) is 0.671. The summed E-state index contributed by atoms with van der Waals surface area (Å²) in [4.78, 5) is 13.2. The van der Waals surface area contributed by atoms with Crippen molar-refractivity contribution in [2.75, 3.05) is 20.2 Å². The molecule has 0 aromatic carbocycles. The van der Waals surface area contributed by atoms with E-state index in [1.54, 1.807) is 12.5 Å². The average Bonchev–Trinajstić information content (AvgIpc) is 2.70. The molecule has 1 aromatic heterocycles. The Bertz CT molecular complexity index is 282. The summed E-state index contributed by atoms with van der Waals surface area (Å²) in [5.74, 6) is -0.202. The molecule has 0 aliphatic heterocycles. The predicted molar refractivity (Wildman–Crippen MR) is 56.3 cm³/mol. The number of carbonyl (C=O) groups excluding carboxylic acids is 1. The number of carbonyl (C=O) groups is 1. The van der Waals surface area contributed by atoms with E-state index in [1.807, 2.05) is 11.0 Å². The SMILES string of the molecule is CCCN(CC(=O)OC)Cc1ccoc1. The third-order valence-corrected chi connectivity index (χ3v) is 2.11. The summed E-state index contributed by atoms with van der Waals surface area (Å²) in [5, 5.41) is 0. The molecule has 0 amide bonds. The molecule has 1 aromatic rings. The van der Waals surface area contributed by atoms with Gasteiger partial charge in [-0.05, 0) is 19.0 Å². The second-order valence-electron chi connectivity index (χ2n) is 3.42. The number of hydrogen-bond donors (Lipinski definition) is 0. The van der Waals surface area contributed by atoms with E-state index < -0.39 is 0 Å². The molecule has 0 radical (unpaired) electrons. The summed E-state index contributed by atoms with van der Waals surface area (Å²) in [6.45, 7) is 4.01. The Morgan fingerprint density at radius 3 is 2.93 bits per heavy atom. The molecule has 84 valence electrons. The third-order valence-electron chi connectivity index (χ3n) is 2.11. The number of rotatable bonds is 6. The molecule has 0 spiro atoms. The van der Waals surface area contributed by atoms with Crippen molar-refractivity contribution in [3.63, 3.8) is 0 Å². The highest BCUT2D eigenvalue weighted by molar-refractivity contribution is 5.71. The topological polar surface area (TPSA) is 42.7 Å². The molecule has 4 heteroatoms. The van der Waals surface area contributed by atoms with Crippen LogP contribution in [0.2, 0.25) is 0 Å². The van der Waals surface area contributed by atoms with E-state index in [0.717, 1.165) is 25.1 Å².